The number of anilines is 1. The lowest BCUT2D eigenvalue weighted by molar-refractivity contribution is 0.383. The zero-order valence-electron chi connectivity index (χ0n) is 5.42. The number of aromatic nitrogens is 1. The first-order chi connectivity index (χ1) is 4.34. The Morgan fingerprint density at radius 1 is 1.78 bits per heavy atom. The molecular weight excluding hydrogens is 116 g/mol. The van der Waals surface area contributed by atoms with E-state index in [9.17, 15) is 0 Å². The van der Waals surface area contributed by atoms with Crippen LogP contribution in [0, 0.1) is 0 Å². The standard InChI is InChI=1S/C6H10N2O/c1-2-3-6-5(7)4-8-9-6/h4H,2-3,7H2,1H3. The minimum absolute atomic E-state index is 0.664. The van der Waals surface area contributed by atoms with E-state index >= 15 is 0 Å². The average molecular weight is 126 g/mol. The molecule has 0 atom stereocenters. The summed E-state index contributed by atoms with van der Waals surface area (Å²) in [7, 11) is 0. The SMILES string of the molecule is CCCc1oncc1N. The second kappa shape index (κ2) is 2.53. The molecule has 0 aliphatic carbocycles. The van der Waals surface area contributed by atoms with Crippen molar-refractivity contribution in [3.05, 3.63) is 12.0 Å². The fourth-order valence-electron chi connectivity index (χ4n) is 0.688. The van der Waals surface area contributed by atoms with E-state index in [1.807, 2.05) is 0 Å². The van der Waals surface area contributed by atoms with Gasteiger partial charge >= 0.3 is 0 Å². The molecule has 0 aliphatic heterocycles. The molecule has 9 heavy (non-hydrogen) atoms. The maximum Gasteiger partial charge on any atom is 0.159 e. The molecule has 1 aromatic heterocycles. The first-order valence-corrected chi connectivity index (χ1v) is 3.03. The quantitative estimate of drug-likeness (QED) is 0.648. The Bertz CT molecular complexity index is 183. The number of hydrogen-bond donors (Lipinski definition) is 1. The van der Waals surface area contributed by atoms with Crippen molar-refractivity contribution in [2.75, 3.05) is 5.73 Å². The normalized spacial score (nSPS) is 9.89. The van der Waals surface area contributed by atoms with E-state index < -0.39 is 0 Å². The molecule has 3 heteroatoms. The Morgan fingerprint density at radius 2 is 2.56 bits per heavy atom. The first kappa shape index (κ1) is 6.13. The molecule has 0 aliphatic rings. The fraction of sp³-hybridized carbons (Fsp3) is 0.500. The molecule has 0 radical (unpaired) electrons. The van der Waals surface area contributed by atoms with Gasteiger partial charge in [0.1, 0.15) is 0 Å². The van der Waals surface area contributed by atoms with Crippen LogP contribution in [0.3, 0.4) is 0 Å². The summed E-state index contributed by atoms with van der Waals surface area (Å²) in [6, 6.07) is 0. The molecule has 0 aromatic carbocycles. The molecule has 0 spiro atoms. The van der Waals surface area contributed by atoms with Crippen LogP contribution in [0.2, 0.25) is 0 Å². The lowest BCUT2D eigenvalue weighted by Gasteiger charge is -1.88. The minimum atomic E-state index is 0.664. The van der Waals surface area contributed by atoms with Gasteiger partial charge in [0.2, 0.25) is 0 Å². The molecular formula is C6H10N2O. The summed E-state index contributed by atoms with van der Waals surface area (Å²) < 4.78 is 4.83. The molecule has 0 saturated carbocycles. The van der Waals surface area contributed by atoms with Crippen molar-refractivity contribution in [1.29, 1.82) is 0 Å². The predicted molar refractivity (Wildman–Crippen MR) is 34.9 cm³/mol. The molecule has 0 bridgehead atoms. The van der Waals surface area contributed by atoms with Crippen LogP contribution in [-0.2, 0) is 6.42 Å². The summed E-state index contributed by atoms with van der Waals surface area (Å²) in [4.78, 5) is 0. The monoisotopic (exact) mass is 126 g/mol. The Morgan fingerprint density at radius 3 is 3.00 bits per heavy atom. The van der Waals surface area contributed by atoms with Crippen LogP contribution in [0.4, 0.5) is 5.69 Å². The molecule has 0 amide bonds. The maximum absolute atomic E-state index is 5.47. The number of nitrogen functional groups attached to an aromatic ring is 1. The Labute approximate surface area is 53.8 Å². The van der Waals surface area contributed by atoms with E-state index in [1.165, 1.54) is 6.20 Å². The van der Waals surface area contributed by atoms with E-state index in [2.05, 4.69) is 12.1 Å². The van der Waals surface area contributed by atoms with Crippen LogP contribution >= 0.6 is 0 Å². The summed E-state index contributed by atoms with van der Waals surface area (Å²) in [6.07, 6.45) is 3.45. The highest BCUT2D eigenvalue weighted by Crippen LogP contribution is 2.10. The molecule has 0 unspecified atom stereocenters. The van der Waals surface area contributed by atoms with Gasteiger partial charge in [0.25, 0.3) is 0 Å². The lowest BCUT2D eigenvalue weighted by Crippen LogP contribution is -1.87. The predicted octanol–water partition coefficient (Wildman–Crippen LogP) is 1.21. The maximum atomic E-state index is 5.47. The van der Waals surface area contributed by atoms with Crippen LogP contribution in [0.15, 0.2) is 10.7 Å². The van der Waals surface area contributed by atoms with Crippen LogP contribution < -0.4 is 5.73 Å². The summed E-state index contributed by atoms with van der Waals surface area (Å²) in [6.45, 7) is 2.07. The molecule has 0 saturated heterocycles. The van der Waals surface area contributed by atoms with E-state index in [4.69, 9.17) is 10.3 Å². The van der Waals surface area contributed by atoms with Gasteiger partial charge in [-0.2, -0.15) is 0 Å². The zero-order valence-corrected chi connectivity index (χ0v) is 5.42. The summed E-state index contributed by atoms with van der Waals surface area (Å²) in [5, 5.41) is 3.54. The molecule has 1 aromatic rings. The van der Waals surface area contributed by atoms with Gasteiger partial charge < -0.3 is 10.3 Å². The number of hydrogen-bond acceptors (Lipinski definition) is 3. The smallest absolute Gasteiger partial charge is 0.159 e. The van der Waals surface area contributed by atoms with E-state index in [1.54, 1.807) is 0 Å². The van der Waals surface area contributed by atoms with Gasteiger partial charge in [0, 0.05) is 6.42 Å². The van der Waals surface area contributed by atoms with Crippen molar-refractivity contribution in [3.8, 4) is 0 Å². The molecule has 2 N–H and O–H groups in total. The lowest BCUT2D eigenvalue weighted by atomic mass is 10.2. The van der Waals surface area contributed by atoms with Crippen LogP contribution in [0.25, 0.3) is 0 Å². The molecule has 1 heterocycles. The topological polar surface area (TPSA) is 52.0 Å². The van der Waals surface area contributed by atoms with Crippen LogP contribution in [0.5, 0.6) is 0 Å². The number of nitrogens with zero attached hydrogens (tertiary/aromatic N) is 1. The van der Waals surface area contributed by atoms with Crippen LogP contribution in [0.1, 0.15) is 19.1 Å². The minimum Gasteiger partial charge on any atom is -0.395 e. The summed E-state index contributed by atoms with van der Waals surface area (Å²) in [5.74, 6) is 0.803. The zero-order chi connectivity index (χ0) is 6.69. The van der Waals surface area contributed by atoms with E-state index in [-0.39, 0.29) is 0 Å². The fourth-order valence-corrected chi connectivity index (χ4v) is 0.688. The van der Waals surface area contributed by atoms with Gasteiger partial charge in [-0.05, 0) is 6.42 Å². The van der Waals surface area contributed by atoms with Crippen molar-refractivity contribution in [1.82, 2.24) is 5.16 Å². The van der Waals surface area contributed by atoms with Crippen molar-refractivity contribution in [3.63, 3.8) is 0 Å². The summed E-state index contributed by atoms with van der Waals surface area (Å²) in [5.41, 5.74) is 6.13. The van der Waals surface area contributed by atoms with Gasteiger partial charge in [0.15, 0.2) is 5.76 Å². The molecule has 1 rings (SSSR count). The van der Waals surface area contributed by atoms with Gasteiger partial charge in [0.05, 0.1) is 11.9 Å². The Hall–Kier alpha value is -0.990. The Balaban J connectivity index is 2.69. The average Bonchev–Trinajstić information content (AvgIpc) is 2.18. The van der Waals surface area contributed by atoms with Crippen molar-refractivity contribution >= 4 is 5.69 Å². The second-order valence-corrected chi connectivity index (χ2v) is 1.95. The van der Waals surface area contributed by atoms with Gasteiger partial charge in [-0.1, -0.05) is 12.1 Å². The number of nitrogens with two attached hydrogens (primary N) is 1. The highest BCUT2D eigenvalue weighted by Gasteiger charge is 2.00. The summed E-state index contributed by atoms with van der Waals surface area (Å²) >= 11 is 0. The first-order valence-electron chi connectivity index (χ1n) is 3.03. The molecule has 50 valence electrons. The largest absolute Gasteiger partial charge is 0.395 e. The number of rotatable bonds is 2. The van der Waals surface area contributed by atoms with Gasteiger partial charge in [-0.25, -0.2) is 0 Å². The highest BCUT2D eigenvalue weighted by molar-refractivity contribution is 5.37. The van der Waals surface area contributed by atoms with E-state index in [0.29, 0.717) is 5.69 Å². The molecule has 0 fully saturated rings. The third-order valence-electron chi connectivity index (χ3n) is 1.15. The van der Waals surface area contributed by atoms with Crippen molar-refractivity contribution < 1.29 is 4.52 Å². The van der Waals surface area contributed by atoms with Crippen molar-refractivity contribution in [2.45, 2.75) is 19.8 Å². The van der Waals surface area contributed by atoms with Crippen LogP contribution in [-0.4, -0.2) is 5.16 Å². The van der Waals surface area contributed by atoms with Crippen molar-refractivity contribution in [2.24, 2.45) is 0 Å². The Kier molecular flexibility index (Phi) is 1.72. The highest BCUT2D eigenvalue weighted by atomic mass is 16.5. The molecule has 3 nitrogen and oxygen atoms in total. The van der Waals surface area contributed by atoms with Gasteiger partial charge in [-0.15, -0.1) is 0 Å². The number of aryl methyl sites for hydroxylation is 1. The third-order valence-corrected chi connectivity index (χ3v) is 1.15. The van der Waals surface area contributed by atoms with Gasteiger partial charge in [-0.3, -0.25) is 0 Å². The third kappa shape index (κ3) is 1.22. The van der Waals surface area contributed by atoms with E-state index in [0.717, 1.165) is 18.6 Å². The second-order valence-electron chi connectivity index (χ2n) is 1.95.